The van der Waals surface area contributed by atoms with E-state index < -0.39 is 0 Å². The number of hydrogen-bond acceptors (Lipinski definition) is 7. The van der Waals surface area contributed by atoms with Crippen molar-refractivity contribution < 1.29 is 18.7 Å². The molecule has 0 atom stereocenters. The number of anilines is 2. The summed E-state index contributed by atoms with van der Waals surface area (Å²) in [6.07, 6.45) is 0. The molecule has 1 N–H and O–H groups in total. The Morgan fingerprint density at radius 3 is 2.78 bits per heavy atom. The number of benzene rings is 1. The van der Waals surface area contributed by atoms with Gasteiger partial charge in [0.2, 0.25) is 5.82 Å². The lowest BCUT2D eigenvalue weighted by atomic mass is 10.3. The molecule has 2 aromatic rings. The van der Waals surface area contributed by atoms with Crippen LogP contribution in [-0.2, 0) is 9.53 Å². The minimum atomic E-state index is -0.358. The second-order valence-electron chi connectivity index (χ2n) is 4.84. The zero-order chi connectivity index (χ0) is 16.1. The highest BCUT2D eigenvalue weighted by Gasteiger charge is 2.20. The van der Waals surface area contributed by atoms with Crippen molar-refractivity contribution in [3.05, 3.63) is 30.1 Å². The van der Waals surface area contributed by atoms with Gasteiger partial charge in [-0.25, -0.2) is 4.39 Å². The summed E-state index contributed by atoms with van der Waals surface area (Å²) in [7, 11) is 0. The monoisotopic (exact) mass is 338 g/mol. The number of halogens is 1. The number of hydrogen-bond donors (Lipinski definition) is 1. The highest BCUT2D eigenvalue weighted by atomic mass is 32.1. The lowest BCUT2D eigenvalue weighted by Crippen LogP contribution is -2.36. The smallest absolute Gasteiger partial charge is 0.271 e. The van der Waals surface area contributed by atoms with E-state index in [1.54, 1.807) is 0 Å². The van der Waals surface area contributed by atoms with Crippen molar-refractivity contribution in [3.8, 4) is 5.88 Å². The number of aromatic nitrogens is 2. The number of amides is 1. The molecule has 1 aliphatic rings. The summed E-state index contributed by atoms with van der Waals surface area (Å²) >= 11 is 1.04. The van der Waals surface area contributed by atoms with Crippen molar-refractivity contribution in [2.45, 2.75) is 0 Å². The minimum Gasteiger partial charge on any atom is -0.464 e. The third-order valence-corrected chi connectivity index (χ3v) is 3.72. The molecule has 1 aromatic carbocycles. The maximum Gasteiger partial charge on any atom is 0.271 e. The molecule has 1 aromatic heterocycles. The SMILES string of the molecule is O=C(COc1nsnc1N1CCOCC1)Nc1ccc(F)cc1. The highest BCUT2D eigenvalue weighted by Crippen LogP contribution is 2.26. The Bertz CT molecular complexity index is 658. The van der Waals surface area contributed by atoms with Gasteiger partial charge in [-0.05, 0) is 24.3 Å². The van der Waals surface area contributed by atoms with Crippen LogP contribution in [0.15, 0.2) is 24.3 Å². The van der Waals surface area contributed by atoms with Gasteiger partial charge in [-0.15, -0.1) is 4.37 Å². The van der Waals surface area contributed by atoms with E-state index in [1.165, 1.54) is 24.3 Å². The van der Waals surface area contributed by atoms with E-state index in [4.69, 9.17) is 9.47 Å². The summed E-state index contributed by atoms with van der Waals surface area (Å²) in [5.74, 6) is 0.263. The van der Waals surface area contributed by atoms with Crippen molar-refractivity contribution in [2.75, 3.05) is 43.1 Å². The molecular formula is C14H15FN4O3S. The Labute approximate surface area is 136 Å². The van der Waals surface area contributed by atoms with E-state index in [0.717, 1.165) is 11.7 Å². The molecule has 23 heavy (non-hydrogen) atoms. The van der Waals surface area contributed by atoms with E-state index in [9.17, 15) is 9.18 Å². The number of rotatable bonds is 5. The summed E-state index contributed by atoms with van der Waals surface area (Å²) in [6.45, 7) is 2.48. The Hall–Kier alpha value is -2.26. The normalized spacial score (nSPS) is 14.6. The number of carbonyl (C=O) groups is 1. The van der Waals surface area contributed by atoms with Gasteiger partial charge in [-0.3, -0.25) is 4.79 Å². The molecule has 1 aliphatic heterocycles. The Balaban J connectivity index is 1.55. The fourth-order valence-corrected chi connectivity index (χ4v) is 2.62. The van der Waals surface area contributed by atoms with Crippen LogP contribution in [0.3, 0.4) is 0 Å². The number of nitrogens with zero attached hydrogens (tertiary/aromatic N) is 3. The molecule has 0 unspecified atom stereocenters. The summed E-state index contributed by atoms with van der Waals surface area (Å²) < 4.78 is 31.9. The summed E-state index contributed by atoms with van der Waals surface area (Å²) in [5, 5.41) is 2.62. The second kappa shape index (κ2) is 7.34. The van der Waals surface area contributed by atoms with Crippen molar-refractivity contribution in [3.63, 3.8) is 0 Å². The van der Waals surface area contributed by atoms with Crippen LogP contribution in [0.25, 0.3) is 0 Å². The zero-order valence-corrected chi connectivity index (χ0v) is 13.0. The van der Waals surface area contributed by atoms with E-state index in [0.29, 0.717) is 43.7 Å². The summed E-state index contributed by atoms with van der Waals surface area (Å²) in [4.78, 5) is 13.9. The quantitative estimate of drug-likeness (QED) is 0.891. The van der Waals surface area contributed by atoms with Crippen LogP contribution in [0, 0.1) is 5.82 Å². The van der Waals surface area contributed by atoms with Crippen LogP contribution in [0.1, 0.15) is 0 Å². The number of carbonyl (C=O) groups excluding carboxylic acids is 1. The predicted octanol–water partition coefficient (Wildman–Crippen LogP) is 1.53. The van der Waals surface area contributed by atoms with Crippen LogP contribution in [-0.4, -0.2) is 47.6 Å². The van der Waals surface area contributed by atoms with Gasteiger partial charge in [0.1, 0.15) is 5.82 Å². The molecule has 2 heterocycles. The van der Waals surface area contributed by atoms with Gasteiger partial charge >= 0.3 is 0 Å². The first-order valence-electron chi connectivity index (χ1n) is 7.06. The maximum absolute atomic E-state index is 12.8. The van der Waals surface area contributed by atoms with Crippen LogP contribution in [0.2, 0.25) is 0 Å². The molecule has 9 heteroatoms. The van der Waals surface area contributed by atoms with E-state index in [-0.39, 0.29) is 18.3 Å². The van der Waals surface area contributed by atoms with Crippen LogP contribution in [0.5, 0.6) is 5.88 Å². The third-order valence-electron chi connectivity index (χ3n) is 3.22. The first kappa shape index (κ1) is 15.6. The van der Waals surface area contributed by atoms with Crippen LogP contribution in [0.4, 0.5) is 15.9 Å². The number of ether oxygens (including phenoxy) is 2. The predicted molar refractivity (Wildman–Crippen MR) is 83.5 cm³/mol. The first-order valence-corrected chi connectivity index (χ1v) is 7.79. The fraction of sp³-hybridized carbons (Fsp3) is 0.357. The van der Waals surface area contributed by atoms with Gasteiger partial charge in [0.25, 0.3) is 11.8 Å². The van der Waals surface area contributed by atoms with E-state index >= 15 is 0 Å². The van der Waals surface area contributed by atoms with Gasteiger partial charge in [-0.1, -0.05) is 0 Å². The van der Waals surface area contributed by atoms with E-state index in [2.05, 4.69) is 14.1 Å². The van der Waals surface area contributed by atoms with Crippen molar-refractivity contribution in [2.24, 2.45) is 0 Å². The third kappa shape index (κ3) is 4.14. The molecule has 0 radical (unpaired) electrons. The average molecular weight is 338 g/mol. The molecular weight excluding hydrogens is 323 g/mol. The Kier molecular flexibility index (Phi) is 4.99. The van der Waals surface area contributed by atoms with Gasteiger partial charge in [0.05, 0.1) is 24.9 Å². The number of nitrogens with one attached hydrogen (secondary N) is 1. The largest absolute Gasteiger partial charge is 0.464 e. The van der Waals surface area contributed by atoms with Gasteiger partial charge < -0.3 is 19.7 Å². The Morgan fingerprint density at radius 2 is 2.04 bits per heavy atom. The second-order valence-corrected chi connectivity index (χ2v) is 5.36. The van der Waals surface area contributed by atoms with Gasteiger partial charge in [0.15, 0.2) is 6.61 Å². The minimum absolute atomic E-state index is 0.194. The van der Waals surface area contributed by atoms with Crippen LogP contribution >= 0.6 is 11.7 Å². The molecule has 122 valence electrons. The molecule has 0 aliphatic carbocycles. The summed E-state index contributed by atoms with van der Waals surface area (Å²) in [6, 6.07) is 5.52. The molecule has 7 nitrogen and oxygen atoms in total. The molecule has 0 saturated carbocycles. The van der Waals surface area contributed by atoms with E-state index in [1.807, 2.05) is 4.90 Å². The molecule has 3 rings (SSSR count). The number of morpholine rings is 1. The molecule has 0 bridgehead atoms. The standard InChI is InChI=1S/C14H15FN4O3S/c15-10-1-3-11(4-2-10)16-12(20)9-22-14-13(17-23-18-14)19-5-7-21-8-6-19/h1-4H,5-9H2,(H,16,20). The lowest BCUT2D eigenvalue weighted by Gasteiger charge is -2.26. The molecule has 0 spiro atoms. The van der Waals surface area contributed by atoms with Crippen molar-refractivity contribution in [1.82, 2.24) is 8.75 Å². The molecule has 1 saturated heterocycles. The Morgan fingerprint density at radius 1 is 1.30 bits per heavy atom. The first-order chi connectivity index (χ1) is 11.2. The summed E-state index contributed by atoms with van der Waals surface area (Å²) in [5.41, 5.74) is 0.504. The van der Waals surface area contributed by atoms with Gasteiger partial charge in [-0.2, -0.15) is 4.37 Å². The maximum atomic E-state index is 12.8. The molecule has 1 amide bonds. The average Bonchev–Trinajstić information content (AvgIpc) is 3.04. The zero-order valence-electron chi connectivity index (χ0n) is 12.2. The topological polar surface area (TPSA) is 76.6 Å². The molecule has 1 fully saturated rings. The van der Waals surface area contributed by atoms with Crippen molar-refractivity contribution >= 4 is 29.1 Å². The van der Waals surface area contributed by atoms with Crippen LogP contribution < -0.4 is 15.0 Å². The van der Waals surface area contributed by atoms with Gasteiger partial charge in [0, 0.05) is 18.8 Å². The highest BCUT2D eigenvalue weighted by molar-refractivity contribution is 6.99. The lowest BCUT2D eigenvalue weighted by molar-refractivity contribution is -0.118. The fourth-order valence-electron chi connectivity index (χ4n) is 2.10. The van der Waals surface area contributed by atoms with Crippen molar-refractivity contribution in [1.29, 1.82) is 0 Å².